The summed E-state index contributed by atoms with van der Waals surface area (Å²) in [5.41, 5.74) is 1.17. The van der Waals surface area contributed by atoms with E-state index in [9.17, 15) is 9.59 Å². The zero-order valence-electron chi connectivity index (χ0n) is 12.8. The molecule has 5 nitrogen and oxygen atoms in total. The van der Waals surface area contributed by atoms with E-state index in [4.69, 9.17) is 27.9 Å². The number of carbonyl (C=O) groups is 2. The highest BCUT2D eigenvalue weighted by Crippen LogP contribution is 2.35. The second kappa shape index (κ2) is 7.07. The monoisotopic (exact) mass is 440 g/mol. The lowest BCUT2D eigenvalue weighted by atomic mass is 10.1. The van der Waals surface area contributed by atoms with Gasteiger partial charge in [0.1, 0.15) is 5.70 Å². The first-order valence-corrected chi connectivity index (χ1v) is 8.61. The van der Waals surface area contributed by atoms with Gasteiger partial charge < -0.3 is 10.1 Å². The highest BCUT2D eigenvalue weighted by molar-refractivity contribution is 9.10. The maximum absolute atomic E-state index is 12.6. The van der Waals surface area contributed by atoms with Crippen molar-refractivity contribution in [3.8, 4) is 5.75 Å². The van der Waals surface area contributed by atoms with Crippen molar-refractivity contribution in [1.82, 2.24) is 5.32 Å². The van der Waals surface area contributed by atoms with Crippen molar-refractivity contribution in [2.45, 2.75) is 0 Å². The molecule has 128 valence electrons. The third-order valence-electron chi connectivity index (χ3n) is 3.48. The number of rotatable bonds is 3. The van der Waals surface area contributed by atoms with E-state index >= 15 is 0 Å². The Kier molecular flexibility index (Phi) is 5.03. The van der Waals surface area contributed by atoms with Crippen molar-refractivity contribution in [3.63, 3.8) is 0 Å². The van der Waals surface area contributed by atoms with Crippen LogP contribution in [-0.2, 0) is 4.79 Å². The number of nitrogens with one attached hydrogen (secondary N) is 1. The molecule has 1 fully saturated rings. The van der Waals surface area contributed by atoms with Gasteiger partial charge in [-0.2, -0.15) is 0 Å². The van der Waals surface area contributed by atoms with Gasteiger partial charge >= 0.3 is 6.03 Å². The quantitative estimate of drug-likeness (QED) is 0.546. The van der Waals surface area contributed by atoms with Crippen LogP contribution in [0.1, 0.15) is 5.56 Å². The summed E-state index contributed by atoms with van der Waals surface area (Å²) in [7, 11) is 1.51. The third-order valence-corrected chi connectivity index (χ3v) is 4.59. The maximum Gasteiger partial charge on any atom is 0.333 e. The lowest BCUT2D eigenvalue weighted by Gasteiger charge is -2.11. The van der Waals surface area contributed by atoms with Crippen molar-refractivity contribution < 1.29 is 14.3 Å². The molecule has 2 aromatic rings. The molecule has 8 heteroatoms. The highest BCUT2D eigenvalue weighted by atomic mass is 79.9. The standard InChI is InChI=1S/C17H11BrCl2N2O3/c1-25-15-12(18)5-9(6-13(15)20)7-14-16(23)22(17(24)21-14)11-4-2-3-10(19)8-11/h2-8H,1H3,(H,21,24)/b14-7+. The second-order valence-corrected chi connectivity index (χ2v) is 6.82. The zero-order valence-corrected chi connectivity index (χ0v) is 15.9. The Morgan fingerprint density at radius 1 is 1.20 bits per heavy atom. The molecule has 3 amide bonds. The molecule has 0 saturated carbocycles. The number of methoxy groups -OCH3 is 1. The number of imide groups is 1. The predicted octanol–water partition coefficient (Wildman–Crippen LogP) is 4.86. The van der Waals surface area contributed by atoms with E-state index in [-0.39, 0.29) is 5.70 Å². The lowest BCUT2D eigenvalue weighted by Crippen LogP contribution is -2.30. The molecule has 0 atom stereocenters. The van der Waals surface area contributed by atoms with Crippen LogP contribution in [0.2, 0.25) is 10.0 Å². The largest absolute Gasteiger partial charge is 0.494 e. The number of ether oxygens (including phenoxy) is 1. The molecule has 25 heavy (non-hydrogen) atoms. The highest BCUT2D eigenvalue weighted by Gasteiger charge is 2.35. The summed E-state index contributed by atoms with van der Waals surface area (Å²) < 4.78 is 5.80. The Morgan fingerprint density at radius 2 is 1.96 bits per heavy atom. The van der Waals surface area contributed by atoms with Gasteiger partial charge in [0.25, 0.3) is 5.91 Å². The summed E-state index contributed by atoms with van der Waals surface area (Å²) in [5.74, 6) is 0.0153. The molecule has 0 unspecified atom stereocenters. The van der Waals surface area contributed by atoms with Gasteiger partial charge in [-0.25, -0.2) is 9.69 Å². The molecule has 2 aromatic carbocycles. The topological polar surface area (TPSA) is 58.6 Å². The third kappa shape index (κ3) is 3.51. The Balaban J connectivity index is 1.96. The minimum absolute atomic E-state index is 0.137. The van der Waals surface area contributed by atoms with Gasteiger partial charge in [-0.1, -0.05) is 29.3 Å². The van der Waals surface area contributed by atoms with Crippen LogP contribution in [0.15, 0.2) is 46.6 Å². The van der Waals surface area contributed by atoms with Crippen molar-refractivity contribution in [2.75, 3.05) is 12.0 Å². The van der Waals surface area contributed by atoms with Crippen molar-refractivity contribution in [3.05, 3.63) is 62.2 Å². The molecule has 1 N–H and O–H groups in total. The molecular weight excluding hydrogens is 431 g/mol. The van der Waals surface area contributed by atoms with Crippen LogP contribution < -0.4 is 15.0 Å². The molecule has 1 saturated heterocycles. The minimum atomic E-state index is -0.544. The fourth-order valence-corrected chi connectivity index (χ4v) is 3.65. The zero-order chi connectivity index (χ0) is 18.1. The fourth-order valence-electron chi connectivity index (χ4n) is 2.41. The summed E-state index contributed by atoms with van der Waals surface area (Å²) in [4.78, 5) is 25.8. The van der Waals surface area contributed by atoms with Crippen LogP contribution in [-0.4, -0.2) is 19.0 Å². The van der Waals surface area contributed by atoms with E-state index in [2.05, 4.69) is 21.2 Å². The predicted molar refractivity (Wildman–Crippen MR) is 101 cm³/mol. The van der Waals surface area contributed by atoms with Crippen LogP contribution in [0, 0.1) is 0 Å². The molecule has 1 aliphatic heterocycles. The Bertz CT molecular complexity index is 892. The smallest absolute Gasteiger partial charge is 0.333 e. The minimum Gasteiger partial charge on any atom is -0.494 e. The van der Waals surface area contributed by atoms with Crippen molar-refractivity contribution >= 4 is 62.8 Å². The van der Waals surface area contributed by atoms with Crippen molar-refractivity contribution in [1.29, 1.82) is 0 Å². The van der Waals surface area contributed by atoms with Crippen LogP contribution in [0.25, 0.3) is 6.08 Å². The number of nitrogens with zero attached hydrogens (tertiary/aromatic N) is 1. The first-order chi connectivity index (χ1) is 11.9. The molecule has 0 bridgehead atoms. The summed E-state index contributed by atoms with van der Waals surface area (Å²) in [5, 5.41) is 3.37. The Hall–Kier alpha value is -2.02. The van der Waals surface area contributed by atoms with Crippen LogP contribution >= 0.6 is 39.1 Å². The number of benzene rings is 2. The summed E-state index contributed by atoms with van der Waals surface area (Å²) in [6.45, 7) is 0. The van der Waals surface area contributed by atoms with Gasteiger partial charge in [0.2, 0.25) is 0 Å². The van der Waals surface area contributed by atoms with E-state index in [0.717, 1.165) is 4.90 Å². The van der Waals surface area contributed by atoms with E-state index in [1.807, 2.05) is 0 Å². The number of urea groups is 1. The van der Waals surface area contributed by atoms with Gasteiger partial charge in [0, 0.05) is 5.02 Å². The SMILES string of the molecule is COc1c(Cl)cc(/C=C2/NC(=O)N(c3cccc(Cl)c3)C2=O)cc1Br. The van der Waals surface area contributed by atoms with Crippen LogP contribution in [0.4, 0.5) is 10.5 Å². The average Bonchev–Trinajstić information content (AvgIpc) is 2.81. The van der Waals surface area contributed by atoms with E-state index < -0.39 is 11.9 Å². The summed E-state index contributed by atoms with van der Waals surface area (Å²) >= 11 is 15.4. The van der Waals surface area contributed by atoms with E-state index in [1.54, 1.807) is 42.5 Å². The summed E-state index contributed by atoms with van der Waals surface area (Å²) in [6.07, 6.45) is 1.54. The van der Waals surface area contributed by atoms with Crippen molar-refractivity contribution in [2.24, 2.45) is 0 Å². The number of hydrogen-bond acceptors (Lipinski definition) is 3. The van der Waals surface area contributed by atoms with Gasteiger partial charge in [0.15, 0.2) is 5.75 Å². The number of amides is 3. The fraction of sp³-hybridized carbons (Fsp3) is 0.0588. The summed E-state index contributed by atoms with van der Waals surface area (Å²) in [6, 6.07) is 9.34. The molecule has 1 heterocycles. The number of hydrogen-bond donors (Lipinski definition) is 1. The average molecular weight is 442 g/mol. The molecule has 0 spiro atoms. The molecule has 0 aliphatic carbocycles. The molecule has 1 aliphatic rings. The Labute approximate surface area is 162 Å². The maximum atomic E-state index is 12.6. The molecule has 0 aromatic heterocycles. The lowest BCUT2D eigenvalue weighted by molar-refractivity contribution is -0.113. The number of halogens is 3. The Morgan fingerprint density at radius 3 is 2.60 bits per heavy atom. The van der Waals surface area contributed by atoms with E-state index in [1.165, 1.54) is 7.11 Å². The molecule has 0 radical (unpaired) electrons. The van der Waals surface area contributed by atoms with Gasteiger partial charge in [-0.15, -0.1) is 0 Å². The van der Waals surface area contributed by atoms with E-state index in [0.29, 0.717) is 31.5 Å². The number of anilines is 1. The van der Waals surface area contributed by atoms with Gasteiger partial charge in [0.05, 0.1) is 22.3 Å². The van der Waals surface area contributed by atoms with Gasteiger partial charge in [-0.3, -0.25) is 4.79 Å². The second-order valence-electron chi connectivity index (χ2n) is 5.13. The molecular formula is C17H11BrCl2N2O3. The van der Waals surface area contributed by atoms with Crippen LogP contribution in [0.3, 0.4) is 0 Å². The number of carbonyl (C=O) groups excluding carboxylic acids is 2. The molecule has 3 rings (SSSR count). The van der Waals surface area contributed by atoms with Gasteiger partial charge in [-0.05, 0) is 57.9 Å². The van der Waals surface area contributed by atoms with Crippen LogP contribution in [0.5, 0.6) is 5.75 Å². The first kappa shape index (κ1) is 17.8. The normalized spacial score (nSPS) is 15.7. The first-order valence-electron chi connectivity index (χ1n) is 7.06.